The van der Waals surface area contributed by atoms with E-state index in [2.05, 4.69) is 15.9 Å². The van der Waals surface area contributed by atoms with E-state index in [1.807, 2.05) is 0 Å². The van der Waals surface area contributed by atoms with Gasteiger partial charge in [-0.25, -0.2) is 8.78 Å². The first-order valence-electron chi connectivity index (χ1n) is 4.91. The summed E-state index contributed by atoms with van der Waals surface area (Å²) in [5.41, 5.74) is 0.434. The number of hydrogen-bond acceptors (Lipinski definition) is 1. The van der Waals surface area contributed by atoms with Gasteiger partial charge in [0, 0.05) is 0 Å². The lowest BCUT2D eigenvalue weighted by molar-refractivity contribution is 0.415. The van der Waals surface area contributed by atoms with Gasteiger partial charge in [0.15, 0.2) is 0 Å². The summed E-state index contributed by atoms with van der Waals surface area (Å²) in [4.78, 5) is 0. The smallest absolute Gasteiger partial charge is 0.148 e. The first kappa shape index (κ1) is 12.0. The van der Waals surface area contributed by atoms with Crippen molar-refractivity contribution < 1.29 is 13.5 Å². The van der Waals surface area contributed by atoms with Crippen molar-refractivity contribution in [3.8, 4) is 16.9 Å². The van der Waals surface area contributed by atoms with Crippen LogP contribution in [0.5, 0.6) is 5.75 Å². The number of benzene rings is 2. The molecular formula is C13H9BrF2O. The molecule has 0 radical (unpaired) electrons. The van der Waals surface area contributed by atoms with Gasteiger partial charge < -0.3 is 4.74 Å². The highest BCUT2D eigenvalue weighted by Crippen LogP contribution is 2.31. The molecule has 1 nitrogen and oxygen atoms in total. The van der Waals surface area contributed by atoms with Crippen LogP contribution in [0.25, 0.3) is 11.1 Å². The summed E-state index contributed by atoms with van der Waals surface area (Å²) < 4.78 is 32.7. The van der Waals surface area contributed by atoms with Crippen molar-refractivity contribution in [3.63, 3.8) is 0 Å². The van der Waals surface area contributed by atoms with Crippen molar-refractivity contribution in [2.24, 2.45) is 0 Å². The molecule has 0 unspecified atom stereocenters. The topological polar surface area (TPSA) is 9.23 Å². The van der Waals surface area contributed by atoms with Gasteiger partial charge in [-0.15, -0.1) is 0 Å². The van der Waals surface area contributed by atoms with Gasteiger partial charge in [-0.05, 0) is 45.8 Å². The molecule has 0 aromatic heterocycles. The third-order valence-electron chi connectivity index (χ3n) is 2.42. The lowest BCUT2D eigenvalue weighted by Gasteiger charge is -2.07. The monoisotopic (exact) mass is 298 g/mol. The van der Waals surface area contributed by atoms with Crippen LogP contribution in [-0.2, 0) is 0 Å². The van der Waals surface area contributed by atoms with E-state index in [4.69, 9.17) is 4.74 Å². The molecule has 2 aromatic rings. The molecule has 4 heteroatoms. The molecule has 2 rings (SSSR count). The third-order valence-corrected chi connectivity index (χ3v) is 3.04. The zero-order valence-electron chi connectivity index (χ0n) is 9.01. The van der Waals surface area contributed by atoms with Crippen LogP contribution in [0.1, 0.15) is 0 Å². The van der Waals surface area contributed by atoms with Crippen molar-refractivity contribution in [2.45, 2.75) is 0 Å². The number of rotatable bonds is 2. The van der Waals surface area contributed by atoms with Gasteiger partial charge >= 0.3 is 0 Å². The second-order valence-corrected chi connectivity index (χ2v) is 4.30. The highest BCUT2D eigenvalue weighted by Gasteiger charge is 2.14. The molecule has 0 atom stereocenters. The van der Waals surface area contributed by atoms with Crippen LogP contribution in [-0.4, -0.2) is 7.11 Å². The second kappa shape index (κ2) is 4.84. The van der Waals surface area contributed by atoms with E-state index >= 15 is 0 Å². The molecule has 0 aliphatic carbocycles. The minimum absolute atomic E-state index is 0.0398. The van der Waals surface area contributed by atoms with Gasteiger partial charge in [0.05, 0.1) is 17.1 Å². The predicted octanol–water partition coefficient (Wildman–Crippen LogP) is 4.40. The summed E-state index contributed by atoms with van der Waals surface area (Å²) in [6.07, 6.45) is 0. The Morgan fingerprint density at radius 3 is 2.24 bits per heavy atom. The summed E-state index contributed by atoms with van der Waals surface area (Å²) in [5.74, 6) is -0.546. The van der Waals surface area contributed by atoms with Crippen LogP contribution in [0.4, 0.5) is 8.78 Å². The second-order valence-electron chi connectivity index (χ2n) is 3.45. The Morgan fingerprint density at radius 1 is 1.00 bits per heavy atom. The summed E-state index contributed by atoms with van der Waals surface area (Å²) in [6, 6.07) is 9.13. The number of halogens is 3. The number of hydrogen-bond donors (Lipinski definition) is 0. The maximum Gasteiger partial charge on any atom is 0.148 e. The fourth-order valence-electron chi connectivity index (χ4n) is 1.55. The van der Waals surface area contributed by atoms with E-state index < -0.39 is 11.6 Å². The molecule has 88 valence electrons. The predicted molar refractivity (Wildman–Crippen MR) is 66.0 cm³/mol. The Bertz CT molecular complexity index is 538. The lowest BCUT2D eigenvalue weighted by atomic mass is 10.0. The standard InChI is InChI=1S/C13H9BrF2O/c1-17-9-4-2-8(3-5-9)12-11(15)7-6-10(14)13(12)16/h2-7H,1H3. The van der Waals surface area contributed by atoms with E-state index in [9.17, 15) is 8.78 Å². The quantitative estimate of drug-likeness (QED) is 0.747. The van der Waals surface area contributed by atoms with Crippen LogP contribution < -0.4 is 4.74 Å². The van der Waals surface area contributed by atoms with Crippen molar-refractivity contribution in [2.75, 3.05) is 7.11 Å². The molecule has 17 heavy (non-hydrogen) atoms. The summed E-state index contributed by atoms with van der Waals surface area (Å²) in [6.45, 7) is 0. The van der Waals surface area contributed by atoms with E-state index in [-0.39, 0.29) is 10.0 Å². The highest BCUT2D eigenvalue weighted by molar-refractivity contribution is 9.10. The van der Waals surface area contributed by atoms with Crippen LogP contribution in [0.2, 0.25) is 0 Å². The minimum Gasteiger partial charge on any atom is -0.497 e. The molecule has 0 fully saturated rings. The van der Waals surface area contributed by atoms with Gasteiger partial charge in [-0.3, -0.25) is 0 Å². The highest BCUT2D eigenvalue weighted by atomic mass is 79.9. The van der Waals surface area contributed by atoms with E-state index in [1.165, 1.54) is 19.2 Å². The van der Waals surface area contributed by atoms with Crippen molar-refractivity contribution >= 4 is 15.9 Å². The van der Waals surface area contributed by atoms with Crippen LogP contribution >= 0.6 is 15.9 Å². The van der Waals surface area contributed by atoms with E-state index in [0.29, 0.717) is 11.3 Å². The Labute approximate surface area is 106 Å². The van der Waals surface area contributed by atoms with Crippen LogP contribution in [0.15, 0.2) is 40.9 Å². The van der Waals surface area contributed by atoms with Gasteiger partial charge in [-0.1, -0.05) is 12.1 Å². The molecule has 2 aromatic carbocycles. The number of ether oxygens (including phenoxy) is 1. The van der Waals surface area contributed by atoms with Gasteiger partial charge in [0.2, 0.25) is 0 Å². The van der Waals surface area contributed by atoms with Crippen LogP contribution in [0.3, 0.4) is 0 Å². The average molecular weight is 299 g/mol. The third kappa shape index (κ3) is 2.31. The first-order valence-corrected chi connectivity index (χ1v) is 5.70. The Balaban J connectivity index is 2.55. The van der Waals surface area contributed by atoms with Gasteiger partial charge in [0.1, 0.15) is 17.4 Å². The van der Waals surface area contributed by atoms with Crippen molar-refractivity contribution in [3.05, 3.63) is 52.5 Å². The van der Waals surface area contributed by atoms with Crippen molar-refractivity contribution in [1.29, 1.82) is 0 Å². The summed E-state index contributed by atoms with van der Waals surface area (Å²) in [7, 11) is 1.54. The number of methoxy groups -OCH3 is 1. The fraction of sp³-hybridized carbons (Fsp3) is 0.0769. The fourth-order valence-corrected chi connectivity index (χ4v) is 1.88. The summed E-state index contributed by atoms with van der Waals surface area (Å²) in [5, 5.41) is 0. The molecule has 0 saturated carbocycles. The first-order chi connectivity index (χ1) is 8.13. The van der Waals surface area contributed by atoms with Crippen LogP contribution in [0, 0.1) is 11.6 Å². The normalized spacial score (nSPS) is 10.4. The summed E-state index contributed by atoms with van der Waals surface area (Å²) >= 11 is 3.04. The molecular weight excluding hydrogens is 290 g/mol. The largest absolute Gasteiger partial charge is 0.497 e. The van der Waals surface area contributed by atoms with E-state index in [0.717, 1.165) is 0 Å². The zero-order valence-corrected chi connectivity index (χ0v) is 10.6. The molecule has 0 aliphatic rings. The Kier molecular flexibility index (Phi) is 3.43. The molecule has 0 aliphatic heterocycles. The van der Waals surface area contributed by atoms with Gasteiger partial charge in [0.25, 0.3) is 0 Å². The maximum absolute atomic E-state index is 13.8. The molecule has 0 bridgehead atoms. The molecule has 0 N–H and O–H groups in total. The molecule has 0 saturated heterocycles. The lowest BCUT2D eigenvalue weighted by Crippen LogP contribution is -1.91. The Morgan fingerprint density at radius 2 is 1.65 bits per heavy atom. The zero-order chi connectivity index (χ0) is 12.4. The molecule has 0 heterocycles. The molecule has 0 amide bonds. The van der Waals surface area contributed by atoms with Crippen molar-refractivity contribution in [1.82, 2.24) is 0 Å². The minimum atomic E-state index is -0.602. The molecule has 0 spiro atoms. The average Bonchev–Trinajstić information content (AvgIpc) is 2.35. The van der Waals surface area contributed by atoms with Gasteiger partial charge in [-0.2, -0.15) is 0 Å². The Hall–Kier alpha value is -1.42. The SMILES string of the molecule is COc1ccc(-c2c(F)ccc(Br)c2F)cc1. The van der Waals surface area contributed by atoms with E-state index in [1.54, 1.807) is 24.3 Å². The maximum atomic E-state index is 13.8.